The first-order valence-corrected chi connectivity index (χ1v) is 6.82. The maximum atomic E-state index is 14.1. The van der Waals surface area contributed by atoms with Crippen molar-refractivity contribution >= 4 is 11.6 Å². The smallest absolute Gasteiger partial charge is 0.273 e. The van der Waals surface area contributed by atoms with Gasteiger partial charge in [-0.15, -0.1) is 0 Å². The molecular weight excluding hydrogens is 281 g/mol. The fraction of sp³-hybridized carbons (Fsp3) is 0.0588. The van der Waals surface area contributed by atoms with Crippen LogP contribution in [0.25, 0.3) is 11.4 Å². The molecule has 0 aliphatic heterocycles. The van der Waals surface area contributed by atoms with Gasteiger partial charge in [0.05, 0.1) is 11.8 Å². The number of benzene rings is 2. The minimum Gasteiger partial charge on any atom is -0.334 e. The molecule has 0 radical (unpaired) electrons. The van der Waals surface area contributed by atoms with Crippen molar-refractivity contribution < 1.29 is 9.18 Å². The fourth-order valence-electron chi connectivity index (χ4n) is 2.12. The van der Waals surface area contributed by atoms with Gasteiger partial charge in [0.15, 0.2) is 0 Å². The molecule has 0 saturated carbocycles. The van der Waals surface area contributed by atoms with Gasteiger partial charge in [0.25, 0.3) is 5.91 Å². The highest BCUT2D eigenvalue weighted by molar-refractivity contribution is 6.03. The zero-order valence-electron chi connectivity index (χ0n) is 11.9. The summed E-state index contributed by atoms with van der Waals surface area (Å²) in [6.45, 7) is 1.69. The monoisotopic (exact) mass is 295 g/mol. The van der Waals surface area contributed by atoms with Gasteiger partial charge < -0.3 is 10.3 Å². The van der Waals surface area contributed by atoms with Crippen molar-refractivity contribution in [3.8, 4) is 11.4 Å². The van der Waals surface area contributed by atoms with Crippen LogP contribution in [-0.2, 0) is 0 Å². The summed E-state index contributed by atoms with van der Waals surface area (Å²) in [5.41, 5.74) is 1.84. The molecule has 0 saturated heterocycles. The van der Waals surface area contributed by atoms with E-state index in [1.54, 1.807) is 37.3 Å². The highest BCUT2D eigenvalue weighted by atomic mass is 19.1. The number of carbonyl (C=O) groups excluding carboxylic acids is 1. The van der Waals surface area contributed by atoms with Gasteiger partial charge in [-0.05, 0) is 30.7 Å². The van der Waals surface area contributed by atoms with Crippen LogP contribution in [0.5, 0.6) is 0 Å². The van der Waals surface area contributed by atoms with Crippen LogP contribution in [-0.4, -0.2) is 15.9 Å². The van der Waals surface area contributed by atoms with Gasteiger partial charge in [-0.25, -0.2) is 9.37 Å². The summed E-state index contributed by atoms with van der Waals surface area (Å²) in [6, 6.07) is 14.2. The lowest BCUT2D eigenvalue weighted by molar-refractivity contribution is 0.102. The Balaban J connectivity index is 1.85. The van der Waals surface area contributed by atoms with Crippen LogP contribution in [0.4, 0.5) is 10.1 Å². The summed E-state index contributed by atoms with van der Waals surface area (Å²) in [5.74, 6) is -0.329. The van der Waals surface area contributed by atoms with E-state index >= 15 is 0 Å². The van der Waals surface area contributed by atoms with Crippen LogP contribution in [0.1, 0.15) is 16.1 Å². The van der Waals surface area contributed by atoms with Crippen LogP contribution in [0.3, 0.4) is 0 Å². The van der Waals surface area contributed by atoms with E-state index in [0.717, 1.165) is 0 Å². The third-order valence-electron chi connectivity index (χ3n) is 3.30. The summed E-state index contributed by atoms with van der Waals surface area (Å²) < 4.78 is 14.1. The summed E-state index contributed by atoms with van der Waals surface area (Å²) >= 11 is 0. The highest BCUT2D eigenvalue weighted by Gasteiger charge is 2.14. The molecule has 0 aliphatic carbocycles. The molecule has 4 nitrogen and oxygen atoms in total. The van der Waals surface area contributed by atoms with Crippen molar-refractivity contribution in [1.29, 1.82) is 0 Å². The van der Waals surface area contributed by atoms with E-state index in [1.807, 2.05) is 18.2 Å². The van der Waals surface area contributed by atoms with Crippen molar-refractivity contribution in [3.05, 3.63) is 71.8 Å². The molecule has 22 heavy (non-hydrogen) atoms. The van der Waals surface area contributed by atoms with Crippen LogP contribution < -0.4 is 5.32 Å². The fourth-order valence-corrected chi connectivity index (χ4v) is 2.12. The molecule has 1 heterocycles. The van der Waals surface area contributed by atoms with Crippen molar-refractivity contribution in [2.24, 2.45) is 0 Å². The molecule has 0 atom stereocenters. The van der Waals surface area contributed by atoms with E-state index < -0.39 is 0 Å². The second-order valence-electron chi connectivity index (χ2n) is 4.90. The van der Waals surface area contributed by atoms with Gasteiger partial charge in [-0.1, -0.05) is 30.3 Å². The molecule has 0 aliphatic rings. The van der Waals surface area contributed by atoms with E-state index in [0.29, 0.717) is 22.6 Å². The number of nitrogens with one attached hydrogen (secondary N) is 2. The number of hydrogen-bond acceptors (Lipinski definition) is 2. The molecule has 1 amide bonds. The molecule has 2 N–H and O–H groups in total. The molecule has 3 aromatic rings. The van der Waals surface area contributed by atoms with Crippen LogP contribution >= 0.6 is 0 Å². The molecule has 0 spiro atoms. The van der Waals surface area contributed by atoms with E-state index in [9.17, 15) is 9.18 Å². The first-order chi connectivity index (χ1) is 10.6. The standard InChI is InChI=1S/C17H14FN3O/c1-11-6-5-9-13(15(11)18)16-19-10-14(21-16)17(22)20-12-7-3-2-4-8-12/h2-10H,1H3,(H,19,21)(H,20,22). The van der Waals surface area contributed by atoms with Gasteiger partial charge in [-0.2, -0.15) is 0 Å². The number of H-pyrrole nitrogens is 1. The van der Waals surface area contributed by atoms with Crippen molar-refractivity contribution in [1.82, 2.24) is 9.97 Å². The molecule has 110 valence electrons. The van der Waals surface area contributed by atoms with E-state index in [4.69, 9.17) is 0 Å². The number of hydrogen-bond donors (Lipinski definition) is 2. The number of imidazole rings is 1. The first kappa shape index (κ1) is 14.0. The van der Waals surface area contributed by atoms with E-state index in [1.165, 1.54) is 6.20 Å². The number of anilines is 1. The molecule has 0 bridgehead atoms. The first-order valence-electron chi connectivity index (χ1n) is 6.82. The second kappa shape index (κ2) is 5.81. The Hall–Kier alpha value is -2.95. The summed E-state index contributed by atoms with van der Waals surface area (Å²) in [6.07, 6.45) is 1.40. The number of nitrogens with zero attached hydrogens (tertiary/aromatic N) is 1. The number of aromatic nitrogens is 2. The average molecular weight is 295 g/mol. The van der Waals surface area contributed by atoms with Crippen molar-refractivity contribution in [2.45, 2.75) is 6.92 Å². The largest absolute Gasteiger partial charge is 0.334 e. The molecule has 0 fully saturated rings. The summed E-state index contributed by atoms with van der Waals surface area (Å²) in [5, 5.41) is 2.75. The molecule has 2 aromatic carbocycles. The number of carbonyl (C=O) groups is 1. The number of amides is 1. The molecule has 5 heteroatoms. The number of rotatable bonds is 3. The molecular formula is C17H14FN3O. The predicted octanol–water partition coefficient (Wildman–Crippen LogP) is 3.78. The predicted molar refractivity (Wildman–Crippen MR) is 83.1 cm³/mol. The second-order valence-corrected chi connectivity index (χ2v) is 4.90. The maximum Gasteiger partial charge on any atom is 0.273 e. The Morgan fingerprint density at radius 2 is 1.91 bits per heavy atom. The molecule has 3 rings (SSSR count). The Kier molecular flexibility index (Phi) is 3.70. The zero-order valence-corrected chi connectivity index (χ0v) is 11.9. The minimum atomic E-state index is -0.341. The third kappa shape index (κ3) is 2.74. The summed E-state index contributed by atoms with van der Waals surface area (Å²) in [7, 11) is 0. The lowest BCUT2D eigenvalue weighted by Crippen LogP contribution is -2.12. The Morgan fingerprint density at radius 3 is 2.68 bits per heavy atom. The number of halogens is 1. The number of para-hydroxylation sites is 1. The minimum absolute atomic E-state index is 0.278. The lowest BCUT2D eigenvalue weighted by Gasteiger charge is -2.03. The van der Waals surface area contributed by atoms with Crippen LogP contribution in [0.15, 0.2) is 54.7 Å². The van der Waals surface area contributed by atoms with Gasteiger partial charge in [0, 0.05) is 5.69 Å². The third-order valence-corrected chi connectivity index (χ3v) is 3.30. The van der Waals surface area contributed by atoms with Gasteiger partial charge >= 0.3 is 0 Å². The average Bonchev–Trinajstić information content (AvgIpc) is 3.01. The van der Waals surface area contributed by atoms with E-state index in [2.05, 4.69) is 15.3 Å². The van der Waals surface area contributed by atoms with Gasteiger partial charge in [0.2, 0.25) is 0 Å². The van der Waals surface area contributed by atoms with Crippen LogP contribution in [0.2, 0.25) is 0 Å². The van der Waals surface area contributed by atoms with Gasteiger partial charge in [-0.3, -0.25) is 4.79 Å². The van der Waals surface area contributed by atoms with Crippen molar-refractivity contribution in [3.63, 3.8) is 0 Å². The van der Waals surface area contributed by atoms with E-state index in [-0.39, 0.29) is 17.4 Å². The maximum absolute atomic E-state index is 14.1. The Bertz CT molecular complexity index is 812. The zero-order chi connectivity index (χ0) is 15.5. The Labute approximate surface area is 127 Å². The highest BCUT2D eigenvalue weighted by Crippen LogP contribution is 2.22. The quantitative estimate of drug-likeness (QED) is 0.772. The normalized spacial score (nSPS) is 10.5. The molecule has 1 aromatic heterocycles. The number of aryl methyl sites for hydroxylation is 1. The topological polar surface area (TPSA) is 57.8 Å². The SMILES string of the molecule is Cc1cccc(-c2ncc(C(=O)Nc3ccccc3)[nH]2)c1F. The van der Waals surface area contributed by atoms with Gasteiger partial charge in [0.1, 0.15) is 17.3 Å². The van der Waals surface area contributed by atoms with Crippen molar-refractivity contribution in [2.75, 3.05) is 5.32 Å². The lowest BCUT2D eigenvalue weighted by atomic mass is 10.1. The number of aromatic amines is 1. The summed E-state index contributed by atoms with van der Waals surface area (Å²) in [4.78, 5) is 19.1. The van der Waals surface area contributed by atoms with Crippen LogP contribution in [0, 0.1) is 12.7 Å². The Morgan fingerprint density at radius 1 is 1.14 bits per heavy atom. The molecule has 0 unspecified atom stereocenters.